The van der Waals surface area contributed by atoms with Crippen LogP contribution in [0.15, 0.2) is 0 Å². The Morgan fingerprint density at radius 2 is 2.07 bits per heavy atom. The van der Waals surface area contributed by atoms with Crippen LogP contribution >= 0.6 is 0 Å². The first-order valence-corrected chi connectivity index (χ1v) is 4.28. The monoisotopic (exact) mass is 218 g/mol. The minimum Gasteiger partial charge on any atom is -0.480 e. The average Bonchev–Trinajstić information content (AvgIpc) is 2.15. The Balaban J connectivity index is 3.91. The first-order valence-electron chi connectivity index (χ1n) is 4.28. The number of rotatable bonds is 7. The van der Waals surface area contributed by atoms with Crippen LogP contribution in [0.2, 0.25) is 0 Å². The number of ether oxygens (including phenoxy) is 1. The van der Waals surface area contributed by atoms with Gasteiger partial charge in [-0.25, -0.2) is 0 Å². The average molecular weight is 218 g/mol. The first kappa shape index (κ1) is 13.4. The van der Waals surface area contributed by atoms with Crippen molar-refractivity contribution >= 4 is 17.8 Å². The fraction of sp³-hybridized carbons (Fsp3) is 0.625. The van der Waals surface area contributed by atoms with Crippen LogP contribution in [-0.2, 0) is 19.1 Å². The summed E-state index contributed by atoms with van der Waals surface area (Å²) in [5, 5.41) is 11.2. The van der Waals surface area contributed by atoms with Gasteiger partial charge in [-0.2, -0.15) is 0 Å². The van der Waals surface area contributed by atoms with Gasteiger partial charge >= 0.3 is 11.9 Å². The summed E-state index contributed by atoms with van der Waals surface area (Å²) in [4.78, 5) is 31.8. The molecule has 0 aliphatic carbocycles. The number of esters is 1. The van der Waals surface area contributed by atoms with Crippen molar-refractivity contribution in [2.45, 2.75) is 18.9 Å². The molecule has 0 aromatic carbocycles. The van der Waals surface area contributed by atoms with E-state index in [1.807, 2.05) is 0 Å². The molecule has 0 aliphatic heterocycles. The number of primary amides is 1. The van der Waals surface area contributed by atoms with Crippen LogP contribution in [0.3, 0.4) is 0 Å². The van der Waals surface area contributed by atoms with Crippen molar-refractivity contribution in [3.05, 3.63) is 0 Å². The maximum absolute atomic E-state index is 10.7. The van der Waals surface area contributed by atoms with E-state index in [2.05, 4.69) is 10.1 Å². The molecule has 0 rings (SSSR count). The summed E-state index contributed by atoms with van der Waals surface area (Å²) in [6.45, 7) is 0.122. The molecule has 1 atom stereocenters. The molecule has 7 heteroatoms. The predicted octanol–water partition coefficient (Wildman–Crippen LogP) is -1.53. The van der Waals surface area contributed by atoms with Crippen molar-refractivity contribution in [3.63, 3.8) is 0 Å². The Hall–Kier alpha value is -1.63. The number of carboxylic acid groups (broad SMARTS) is 1. The molecular formula is C8H14N2O5. The number of nitrogens with one attached hydrogen (secondary N) is 1. The second-order valence-corrected chi connectivity index (χ2v) is 2.84. The zero-order chi connectivity index (χ0) is 11.8. The van der Waals surface area contributed by atoms with Crippen LogP contribution in [0.5, 0.6) is 0 Å². The quantitative estimate of drug-likeness (QED) is 0.446. The lowest BCUT2D eigenvalue weighted by molar-refractivity contribution is -0.143. The van der Waals surface area contributed by atoms with Gasteiger partial charge in [0, 0.05) is 6.54 Å². The molecule has 4 N–H and O–H groups in total. The van der Waals surface area contributed by atoms with Crippen molar-refractivity contribution in [1.29, 1.82) is 0 Å². The number of aliphatic carboxylic acids is 1. The Labute approximate surface area is 86.6 Å². The topological polar surface area (TPSA) is 119 Å². The highest BCUT2D eigenvalue weighted by Gasteiger charge is 2.19. The summed E-state index contributed by atoms with van der Waals surface area (Å²) >= 11 is 0. The Morgan fingerprint density at radius 3 is 2.47 bits per heavy atom. The zero-order valence-electron chi connectivity index (χ0n) is 8.36. The number of carboxylic acids is 1. The highest BCUT2D eigenvalue weighted by molar-refractivity contribution is 5.83. The normalized spacial score (nSPS) is 11.8. The van der Waals surface area contributed by atoms with E-state index in [0.29, 0.717) is 0 Å². The van der Waals surface area contributed by atoms with Gasteiger partial charge in [-0.15, -0.1) is 0 Å². The molecule has 0 saturated carbocycles. The maximum Gasteiger partial charge on any atom is 0.321 e. The third-order valence-corrected chi connectivity index (χ3v) is 1.65. The molecule has 1 unspecified atom stereocenters. The number of nitrogens with two attached hydrogens (primary N) is 1. The Bertz CT molecular complexity index is 253. The van der Waals surface area contributed by atoms with Crippen LogP contribution in [0.1, 0.15) is 12.8 Å². The van der Waals surface area contributed by atoms with E-state index in [9.17, 15) is 14.4 Å². The van der Waals surface area contributed by atoms with Crippen molar-refractivity contribution in [1.82, 2.24) is 5.32 Å². The number of hydrogen-bond acceptors (Lipinski definition) is 5. The van der Waals surface area contributed by atoms with Gasteiger partial charge in [-0.1, -0.05) is 0 Å². The number of carbonyl (C=O) groups is 3. The minimum atomic E-state index is -1.18. The van der Waals surface area contributed by atoms with Gasteiger partial charge < -0.3 is 20.9 Å². The van der Waals surface area contributed by atoms with Crippen LogP contribution in [0.4, 0.5) is 0 Å². The van der Waals surface area contributed by atoms with Crippen LogP contribution in [0, 0.1) is 0 Å². The minimum absolute atomic E-state index is 0.0407. The molecule has 86 valence electrons. The summed E-state index contributed by atoms with van der Waals surface area (Å²) in [7, 11) is 1.24. The van der Waals surface area contributed by atoms with E-state index in [4.69, 9.17) is 10.8 Å². The second-order valence-electron chi connectivity index (χ2n) is 2.84. The number of methoxy groups -OCH3 is 1. The standard InChI is InChI=1S/C8H14N2O5/c1-15-7(12)2-3-10-5(8(13)14)4-6(9)11/h5,10H,2-4H2,1H3,(H2,9,11)(H,13,14). The van der Waals surface area contributed by atoms with Gasteiger partial charge in [-0.05, 0) is 0 Å². The van der Waals surface area contributed by atoms with E-state index in [0.717, 1.165) is 0 Å². The molecule has 0 bridgehead atoms. The van der Waals surface area contributed by atoms with Crippen molar-refractivity contribution in [3.8, 4) is 0 Å². The molecule has 0 saturated heterocycles. The van der Waals surface area contributed by atoms with Gasteiger partial charge in [0.1, 0.15) is 6.04 Å². The van der Waals surface area contributed by atoms with Crippen molar-refractivity contribution in [2.24, 2.45) is 5.73 Å². The highest BCUT2D eigenvalue weighted by atomic mass is 16.5. The summed E-state index contributed by atoms with van der Waals surface area (Å²) < 4.78 is 4.36. The molecule has 0 spiro atoms. The van der Waals surface area contributed by atoms with Crippen molar-refractivity contribution < 1.29 is 24.2 Å². The molecule has 0 aliphatic rings. The number of hydrogen-bond donors (Lipinski definition) is 3. The lowest BCUT2D eigenvalue weighted by Crippen LogP contribution is -2.40. The first-order chi connectivity index (χ1) is 6.97. The number of carbonyl (C=O) groups excluding carboxylic acids is 2. The molecule has 0 aromatic heterocycles. The van der Waals surface area contributed by atoms with E-state index < -0.39 is 23.9 Å². The molecule has 1 amide bonds. The molecular weight excluding hydrogens is 204 g/mol. The van der Waals surface area contributed by atoms with E-state index in [1.165, 1.54) is 7.11 Å². The summed E-state index contributed by atoms with van der Waals surface area (Å²) in [6, 6.07) is -1.06. The van der Waals surface area contributed by atoms with Crippen molar-refractivity contribution in [2.75, 3.05) is 13.7 Å². The maximum atomic E-state index is 10.7. The van der Waals surface area contributed by atoms with Gasteiger partial charge in [0.2, 0.25) is 5.91 Å². The van der Waals surface area contributed by atoms with Gasteiger partial charge in [0.15, 0.2) is 0 Å². The van der Waals surface area contributed by atoms with Crippen LogP contribution in [0.25, 0.3) is 0 Å². The fourth-order valence-electron chi connectivity index (χ4n) is 0.898. The number of amides is 1. The van der Waals surface area contributed by atoms with Crippen LogP contribution < -0.4 is 11.1 Å². The predicted molar refractivity (Wildman–Crippen MR) is 49.9 cm³/mol. The zero-order valence-corrected chi connectivity index (χ0v) is 8.36. The third-order valence-electron chi connectivity index (χ3n) is 1.65. The lowest BCUT2D eigenvalue weighted by atomic mass is 10.2. The van der Waals surface area contributed by atoms with E-state index >= 15 is 0 Å². The third kappa shape index (κ3) is 6.44. The summed E-state index contributed by atoms with van der Waals surface area (Å²) in [6.07, 6.45) is -0.268. The van der Waals surface area contributed by atoms with Crippen LogP contribution in [-0.4, -0.2) is 42.6 Å². The summed E-state index contributed by atoms with van der Waals surface area (Å²) in [5.74, 6) is -2.35. The van der Waals surface area contributed by atoms with Gasteiger partial charge in [0.05, 0.1) is 20.0 Å². The fourth-order valence-corrected chi connectivity index (χ4v) is 0.898. The van der Waals surface area contributed by atoms with E-state index in [-0.39, 0.29) is 19.4 Å². The second kappa shape index (κ2) is 6.77. The Kier molecular flexibility index (Phi) is 6.03. The molecule has 0 aromatic rings. The summed E-state index contributed by atoms with van der Waals surface area (Å²) in [5.41, 5.74) is 4.85. The van der Waals surface area contributed by atoms with Gasteiger partial charge in [-0.3, -0.25) is 14.4 Å². The SMILES string of the molecule is COC(=O)CCNC(CC(N)=O)C(=O)O. The molecule has 0 radical (unpaired) electrons. The smallest absolute Gasteiger partial charge is 0.321 e. The molecule has 0 fully saturated rings. The highest BCUT2D eigenvalue weighted by Crippen LogP contribution is 1.92. The molecule has 0 heterocycles. The Morgan fingerprint density at radius 1 is 1.47 bits per heavy atom. The van der Waals surface area contributed by atoms with Gasteiger partial charge in [0.25, 0.3) is 0 Å². The molecule has 15 heavy (non-hydrogen) atoms. The molecule has 7 nitrogen and oxygen atoms in total. The lowest BCUT2D eigenvalue weighted by Gasteiger charge is -2.11. The largest absolute Gasteiger partial charge is 0.480 e. The van der Waals surface area contributed by atoms with E-state index in [1.54, 1.807) is 0 Å².